The van der Waals surface area contributed by atoms with E-state index >= 15 is 0 Å². The molecule has 102 valence electrons. The molecule has 2 aliphatic rings. The van der Waals surface area contributed by atoms with Gasteiger partial charge in [-0.1, -0.05) is 42.5 Å². The van der Waals surface area contributed by atoms with E-state index in [1.54, 1.807) is 0 Å². The van der Waals surface area contributed by atoms with Crippen LogP contribution in [0.15, 0.2) is 42.5 Å². The van der Waals surface area contributed by atoms with Gasteiger partial charge in [0, 0.05) is 0 Å². The summed E-state index contributed by atoms with van der Waals surface area (Å²) in [5.74, 6) is 0.625. The van der Waals surface area contributed by atoms with Gasteiger partial charge in [-0.25, -0.2) is 9.78 Å². The molecule has 0 radical (unpaired) electrons. The van der Waals surface area contributed by atoms with Crippen molar-refractivity contribution in [3.05, 3.63) is 48.0 Å². The average Bonchev–Trinajstić information content (AvgIpc) is 2.46. The van der Waals surface area contributed by atoms with Crippen LogP contribution in [0.25, 0.3) is 0 Å². The van der Waals surface area contributed by atoms with Crippen LogP contribution in [0.5, 0.6) is 0 Å². The zero-order valence-electron chi connectivity index (χ0n) is 11.5. The molecule has 2 heteroatoms. The van der Waals surface area contributed by atoms with E-state index < -0.39 is 0 Å². The third-order valence-electron chi connectivity index (χ3n) is 4.33. The molecule has 3 atom stereocenters. The molecule has 2 nitrogen and oxygen atoms in total. The van der Waals surface area contributed by atoms with Crippen molar-refractivity contribution < 1.29 is 9.78 Å². The summed E-state index contributed by atoms with van der Waals surface area (Å²) < 4.78 is 0. The Kier molecular flexibility index (Phi) is 3.72. The third-order valence-corrected chi connectivity index (χ3v) is 4.33. The van der Waals surface area contributed by atoms with Crippen LogP contribution in [0.1, 0.15) is 38.2 Å². The van der Waals surface area contributed by atoms with Crippen LogP contribution in [-0.2, 0) is 16.2 Å². The minimum atomic E-state index is -0.137. The maximum Gasteiger partial charge on any atom is 0.114 e. The molecular weight excluding hydrogens is 236 g/mol. The molecule has 1 aliphatic carbocycles. The number of hydrogen-bond donors (Lipinski definition) is 0. The van der Waals surface area contributed by atoms with Gasteiger partial charge >= 0.3 is 0 Å². The van der Waals surface area contributed by atoms with Gasteiger partial charge in [0.05, 0.1) is 0 Å². The van der Waals surface area contributed by atoms with Crippen LogP contribution in [0.3, 0.4) is 0 Å². The Hall–Kier alpha value is -1.12. The van der Waals surface area contributed by atoms with Gasteiger partial charge in [0.2, 0.25) is 0 Å². The number of rotatable bonds is 3. The summed E-state index contributed by atoms with van der Waals surface area (Å²) in [6, 6.07) is 10.6. The molecule has 0 spiro atoms. The molecule has 0 amide bonds. The van der Waals surface area contributed by atoms with Gasteiger partial charge in [-0.05, 0) is 50.5 Å². The van der Waals surface area contributed by atoms with Gasteiger partial charge in [0.15, 0.2) is 0 Å². The molecule has 1 fully saturated rings. The van der Waals surface area contributed by atoms with Crippen LogP contribution < -0.4 is 0 Å². The highest BCUT2D eigenvalue weighted by atomic mass is 17.2. The first-order chi connectivity index (χ1) is 9.25. The minimum absolute atomic E-state index is 0.137. The van der Waals surface area contributed by atoms with E-state index in [0.29, 0.717) is 5.92 Å². The summed E-state index contributed by atoms with van der Waals surface area (Å²) >= 11 is 0. The first-order valence-corrected chi connectivity index (χ1v) is 7.30. The first-order valence-electron chi connectivity index (χ1n) is 7.30. The number of hydrogen-bond acceptors (Lipinski definition) is 2. The van der Waals surface area contributed by atoms with Crippen LogP contribution in [0, 0.1) is 5.92 Å². The molecule has 0 N–H and O–H groups in total. The van der Waals surface area contributed by atoms with E-state index in [-0.39, 0.29) is 11.7 Å². The van der Waals surface area contributed by atoms with E-state index in [0.717, 1.165) is 19.3 Å². The van der Waals surface area contributed by atoms with Crippen LogP contribution in [-0.4, -0.2) is 11.7 Å². The molecule has 3 rings (SSSR count). The van der Waals surface area contributed by atoms with Crippen molar-refractivity contribution >= 4 is 0 Å². The standard InChI is InChI=1S/C17H22O2/c1-17(12-11-14-7-3-2-4-8-14)13-15-9-5-6-10-16(15)18-19-17/h2-4,6-8,10,15-16H,5,9,11-13H2,1H3/t15-,16-,17-/m0/s1. The van der Waals surface area contributed by atoms with Gasteiger partial charge in [0.1, 0.15) is 11.7 Å². The molecule has 0 saturated carbocycles. The zero-order valence-corrected chi connectivity index (χ0v) is 11.5. The normalized spacial score (nSPS) is 33.9. The van der Waals surface area contributed by atoms with Crippen molar-refractivity contribution in [3.63, 3.8) is 0 Å². The van der Waals surface area contributed by atoms with E-state index in [4.69, 9.17) is 9.78 Å². The van der Waals surface area contributed by atoms with Crippen molar-refractivity contribution in [1.29, 1.82) is 0 Å². The molecule has 1 heterocycles. The van der Waals surface area contributed by atoms with Crippen LogP contribution in [0.2, 0.25) is 0 Å². The Balaban J connectivity index is 1.60. The van der Waals surface area contributed by atoms with Crippen molar-refractivity contribution in [2.24, 2.45) is 5.92 Å². The summed E-state index contributed by atoms with van der Waals surface area (Å²) in [7, 11) is 0. The van der Waals surface area contributed by atoms with E-state index in [9.17, 15) is 0 Å². The Labute approximate surface area is 115 Å². The highest BCUT2D eigenvalue weighted by Crippen LogP contribution is 2.38. The molecule has 19 heavy (non-hydrogen) atoms. The summed E-state index contributed by atoms with van der Waals surface area (Å²) in [5, 5.41) is 0. The smallest absolute Gasteiger partial charge is 0.114 e. The van der Waals surface area contributed by atoms with Crippen molar-refractivity contribution in [1.82, 2.24) is 0 Å². The Morgan fingerprint density at radius 1 is 1.26 bits per heavy atom. The number of benzene rings is 1. The molecule has 0 unspecified atom stereocenters. The lowest BCUT2D eigenvalue weighted by atomic mass is 9.79. The van der Waals surface area contributed by atoms with Crippen molar-refractivity contribution in [3.8, 4) is 0 Å². The predicted molar refractivity (Wildman–Crippen MR) is 75.6 cm³/mol. The van der Waals surface area contributed by atoms with Gasteiger partial charge in [-0.15, -0.1) is 0 Å². The zero-order chi connectivity index (χ0) is 13.1. The topological polar surface area (TPSA) is 18.5 Å². The third kappa shape index (κ3) is 3.07. The number of fused-ring (bicyclic) bond motifs is 1. The van der Waals surface area contributed by atoms with Gasteiger partial charge in [-0.2, -0.15) is 0 Å². The van der Waals surface area contributed by atoms with Crippen molar-refractivity contribution in [2.45, 2.75) is 50.7 Å². The lowest BCUT2D eigenvalue weighted by Crippen LogP contribution is -2.43. The highest BCUT2D eigenvalue weighted by molar-refractivity contribution is 5.15. The fourth-order valence-electron chi connectivity index (χ4n) is 3.15. The first kappa shape index (κ1) is 12.9. The summed E-state index contributed by atoms with van der Waals surface area (Å²) in [6.45, 7) is 2.18. The predicted octanol–water partition coefficient (Wildman–Crippen LogP) is 4.06. The Morgan fingerprint density at radius 3 is 2.95 bits per heavy atom. The fraction of sp³-hybridized carbons (Fsp3) is 0.529. The maximum atomic E-state index is 5.71. The highest BCUT2D eigenvalue weighted by Gasteiger charge is 2.39. The van der Waals surface area contributed by atoms with E-state index in [2.05, 4.69) is 49.4 Å². The summed E-state index contributed by atoms with van der Waals surface area (Å²) in [5.41, 5.74) is 1.24. The Morgan fingerprint density at radius 2 is 2.11 bits per heavy atom. The molecule has 1 aromatic carbocycles. The molecule has 0 aromatic heterocycles. The largest absolute Gasteiger partial charge is 0.230 e. The molecular formula is C17H22O2. The lowest BCUT2D eigenvalue weighted by Gasteiger charge is -2.41. The van der Waals surface area contributed by atoms with E-state index in [1.807, 2.05) is 0 Å². The van der Waals surface area contributed by atoms with Gasteiger partial charge < -0.3 is 0 Å². The quantitative estimate of drug-likeness (QED) is 0.601. The number of allylic oxidation sites excluding steroid dienone is 1. The monoisotopic (exact) mass is 258 g/mol. The average molecular weight is 258 g/mol. The van der Waals surface area contributed by atoms with Crippen LogP contribution >= 0.6 is 0 Å². The van der Waals surface area contributed by atoms with Gasteiger partial charge in [-0.3, -0.25) is 0 Å². The minimum Gasteiger partial charge on any atom is -0.230 e. The second kappa shape index (κ2) is 5.48. The fourth-order valence-corrected chi connectivity index (χ4v) is 3.15. The molecule has 0 bridgehead atoms. The maximum absolute atomic E-state index is 5.71. The molecule has 1 aromatic rings. The summed E-state index contributed by atoms with van der Waals surface area (Å²) in [4.78, 5) is 11.3. The Bertz CT molecular complexity index is 440. The molecule has 1 aliphatic heterocycles. The second-order valence-corrected chi connectivity index (χ2v) is 6.05. The summed E-state index contributed by atoms with van der Waals surface area (Å²) in [6.07, 6.45) is 10.1. The van der Waals surface area contributed by atoms with Crippen molar-refractivity contribution in [2.75, 3.05) is 0 Å². The SMILES string of the molecule is C[C@]1(CCc2ccccc2)C[C@@H]2CCC=C[C@@H]2OO1. The second-order valence-electron chi connectivity index (χ2n) is 6.05. The molecule has 1 saturated heterocycles. The number of aryl methyl sites for hydroxylation is 1. The van der Waals surface area contributed by atoms with E-state index in [1.165, 1.54) is 18.4 Å². The lowest BCUT2D eigenvalue weighted by molar-refractivity contribution is -0.410. The van der Waals surface area contributed by atoms with Crippen LogP contribution in [0.4, 0.5) is 0 Å². The van der Waals surface area contributed by atoms with Gasteiger partial charge in [0.25, 0.3) is 0 Å².